The van der Waals surface area contributed by atoms with Gasteiger partial charge < -0.3 is 15.8 Å². The summed E-state index contributed by atoms with van der Waals surface area (Å²) in [6.45, 7) is 17.1. The van der Waals surface area contributed by atoms with Gasteiger partial charge in [-0.05, 0) is 127 Å². The van der Waals surface area contributed by atoms with E-state index in [-0.39, 0.29) is 68.4 Å². The molecular weight excluding hydrogens is 579 g/mol. The molecule has 1 aromatic rings. The van der Waals surface area contributed by atoms with Crippen molar-refractivity contribution in [2.24, 2.45) is 56.0 Å². The van der Waals surface area contributed by atoms with E-state index in [0.29, 0.717) is 24.6 Å². The van der Waals surface area contributed by atoms with Gasteiger partial charge in [0, 0.05) is 23.4 Å². The zero-order valence-electron chi connectivity index (χ0n) is 29.1. The maximum absolute atomic E-state index is 14.6. The van der Waals surface area contributed by atoms with Crippen molar-refractivity contribution in [1.82, 2.24) is 5.32 Å². The van der Waals surface area contributed by atoms with Gasteiger partial charge in [-0.3, -0.25) is 14.4 Å². The van der Waals surface area contributed by atoms with Crippen LogP contribution in [0.25, 0.3) is 0 Å². The molecule has 46 heavy (non-hydrogen) atoms. The summed E-state index contributed by atoms with van der Waals surface area (Å²) in [7, 11) is 0. The van der Waals surface area contributed by atoms with E-state index in [1.54, 1.807) is 0 Å². The molecule has 0 heterocycles. The number of fused-ring (bicyclic) bond motifs is 7. The molecule has 0 bridgehead atoms. The summed E-state index contributed by atoms with van der Waals surface area (Å²) in [6.07, 6.45) is 10.7. The SMILES string of the molecule is CC1(C)C2CC[C@]3(C)[C@H](C(=O)C=C4[C@H]5C[C@@](C)(C(N)=O)CC[C@]5(C)CC[C@]43C)[C@@]2(C)CC[C@@H]1OCCNC(=O)c1ccc(F)cc1. The highest BCUT2D eigenvalue weighted by Gasteiger charge is 2.70. The molecule has 4 saturated carbocycles. The molecule has 5 aliphatic carbocycles. The lowest BCUT2D eigenvalue weighted by atomic mass is 9.33. The van der Waals surface area contributed by atoms with Crippen LogP contribution in [0.3, 0.4) is 0 Å². The maximum Gasteiger partial charge on any atom is 0.251 e. The lowest BCUT2D eigenvalue weighted by Crippen LogP contribution is -2.66. The molecule has 0 spiro atoms. The van der Waals surface area contributed by atoms with Gasteiger partial charge in [0.2, 0.25) is 5.91 Å². The van der Waals surface area contributed by atoms with Crippen molar-refractivity contribution < 1.29 is 23.5 Å². The van der Waals surface area contributed by atoms with Crippen molar-refractivity contribution >= 4 is 17.6 Å². The fraction of sp³-hybridized carbons (Fsp3) is 0.718. The number of nitrogens with one attached hydrogen (secondary N) is 1. The average Bonchev–Trinajstić information content (AvgIpc) is 2.98. The molecular formula is C39H55FN2O4. The van der Waals surface area contributed by atoms with Gasteiger partial charge in [-0.2, -0.15) is 0 Å². The van der Waals surface area contributed by atoms with E-state index in [1.807, 2.05) is 6.92 Å². The molecule has 0 aromatic heterocycles. The number of benzene rings is 1. The Hall–Kier alpha value is -2.54. The number of carbonyl (C=O) groups excluding carboxylic acids is 3. The highest BCUT2D eigenvalue weighted by Crippen LogP contribution is 2.75. The van der Waals surface area contributed by atoms with Gasteiger partial charge in [-0.15, -0.1) is 0 Å². The maximum atomic E-state index is 14.6. The lowest BCUT2D eigenvalue weighted by molar-refractivity contribution is -0.208. The molecule has 5 aliphatic rings. The Kier molecular flexibility index (Phi) is 7.98. The molecule has 1 unspecified atom stereocenters. The summed E-state index contributed by atoms with van der Waals surface area (Å²) in [5.41, 5.74) is 6.73. The predicted octanol–water partition coefficient (Wildman–Crippen LogP) is 7.41. The van der Waals surface area contributed by atoms with Crippen molar-refractivity contribution in [1.29, 1.82) is 0 Å². The Morgan fingerprint density at radius 1 is 0.935 bits per heavy atom. The summed E-state index contributed by atoms with van der Waals surface area (Å²) >= 11 is 0. The molecule has 9 atom stereocenters. The molecule has 7 heteroatoms. The smallest absolute Gasteiger partial charge is 0.251 e. The monoisotopic (exact) mass is 634 g/mol. The molecule has 3 N–H and O–H groups in total. The zero-order valence-corrected chi connectivity index (χ0v) is 29.1. The van der Waals surface area contributed by atoms with Crippen LogP contribution in [0.5, 0.6) is 0 Å². The minimum atomic E-state index is -0.528. The van der Waals surface area contributed by atoms with Gasteiger partial charge in [0.15, 0.2) is 5.78 Å². The second-order valence-corrected chi connectivity index (χ2v) is 17.6. The van der Waals surface area contributed by atoms with Gasteiger partial charge in [0.25, 0.3) is 5.91 Å². The van der Waals surface area contributed by atoms with Crippen LogP contribution in [0.2, 0.25) is 0 Å². The normalized spacial score (nSPS) is 42.9. The Labute approximate surface area is 274 Å². The second kappa shape index (κ2) is 11.0. The zero-order chi connectivity index (χ0) is 33.5. The number of nitrogens with two attached hydrogens (primary N) is 1. The van der Waals surface area contributed by atoms with Crippen LogP contribution in [0, 0.1) is 56.1 Å². The van der Waals surface area contributed by atoms with Crippen molar-refractivity contribution in [3.63, 3.8) is 0 Å². The highest BCUT2D eigenvalue weighted by atomic mass is 19.1. The van der Waals surface area contributed by atoms with E-state index >= 15 is 0 Å². The third kappa shape index (κ3) is 4.84. The van der Waals surface area contributed by atoms with Crippen LogP contribution >= 0.6 is 0 Å². The Morgan fingerprint density at radius 2 is 1.61 bits per heavy atom. The Bertz CT molecular complexity index is 1450. The third-order valence-electron chi connectivity index (χ3n) is 14.9. The van der Waals surface area contributed by atoms with E-state index in [2.05, 4.69) is 52.9 Å². The van der Waals surface area contributed by atoms with Crippen molar-refractivity contribution in [3.8, 4) is 0 Å². The van der Waals surface area contributed by atoms with Crippen molar-refractivity contribution in [3.05, 3.63) is 47.3 Å². The topological polar surface area (TPSA) is 98.5 Å². The Morgan fingerprint density at radius 3 is 2.28 bits per heavy atom. The van der Waals surface area contributed by atoms with Crippen LogP contribution in [0.4, 0.5) is 4.39 Å². The molecule has 0 saturated heterocycles. The molecule has 252 valence electrons. The molecule has 6 nitrogen and oxygen atoms in total. The van der Waals surface area contributed by atoms with Crippen LogP contribution < -0.4 is 11.1 Å². The van der Waals surface area contributed by atoms with Gasteiger partial charge in [0.1, 0.15) is 5.82 Å². The molecule has 4 fully saturated rings. The first-order valence-corrected chi connectivity index (χ1v) is 17.6. The summed E-state index contributed by atoms with van der Waals surface area (Å²) in [6, 6.07) is 5.54. The van der Waals surface area contributed by atoms with Gasteiger partial charge in [-0.25, -0.2) is 4.39 Å². The largest absolute Gasteiger partial charge is 0.376 e. The second-order valence-electron chi connectivity index (χ2n) is 17.6. The first-order valence-electron chi connectivity index (χ1n) is 17.6. The average molecular weight is 635 g/mol. The number of ketones is 1. The van der Waals surface area contributed by atoms with Crippen LogP contribution in [0.15, 0.2) is 35.9 Å². The number of amides is 2. The summed E-state index contributed by atoms with van der Waals surface area (Å²) < 4.78 is 19.7. The van der Waals surface area contributed by atoms with Crippen LogP contribution in [0.1, 0.15) is 117 Å². The van der Waals surface area contributed by atoms with E-state index in [1.165, 1.54) is 29.8 Å². The molecule has 2 amide bonds. The highest BCUT2D eigenvalue weighted by molar-refractivity contribution is 5.96. The number of allylic oxidation sites excluding steroid dienone is 2. The van der Waals surface area contributed by atoms with Gasteiger partial charge in [-0.1, -0.05) is 54.0 Å². The molecule has 0 aliphatic heterocycles. The molecule has 1 aromatic carbocycles. The van der Waals surface area contributed by atoms with Crippen molar-refractivity contribution in [2.45, 2.75) is 112 Å². The number of ether oxygens (including phenoxy) is 1. The number of halogens is 1. The summed E-state index contributed by atoms with van der Waals surface area (Å²) in [5.74, 6) is -0.0528. The van der Waals surface area contributed by atoms with Gasteiger partial charge in [0.05, 0.1) is 12.7 Å². The quantitative estimate of drug-likeness (QED) is 0.319. The van der Waals surface area contributed by atoms with E-state index in [4.69, 9.17) is 10.5 Å². The van der Waals surface area contributed by atoms with Gasteiger partial charge >= 0.3 is 0 Å². The Balaban J connectivity index is 1.21. The standard InChI is InChI=1S/C39H55FN2O4/c1-34(2)29-12-15-39(7)31(37(29,5)14-13-30(34)46-21-20-42-32(44)24-8-10-25(40)11-9-24)28(43)22-26-27-23-36(4,33(41)45)17-16-35(27,3)18-19-38(26,39)6/h8-11,22,27,29-31H,12-21,23H2,1-7H3,(H2,41,45)(H,42,44)/t27-,29?,30+,31-,35-,36+,37+,38-,39-/m1/s1. The minimum Gasteiger partial charge on any atom is -0.376 e. The first-order chi connectivity index (χ1) is 21.4. The fourth-order valence-corrected chi connectivity index (χ4v) is 11.7. The van der Waals surface area contributed by atoms with E-state index < -0.39 is 5.41 Å². The minimum absolute atomic E-state index is 0.0298. The fourth-order valence-electron chi connectivity index (χ4n) is 11.7. The van der Waals surface area contributed by atoms with E-state index in [9.17, 15) is 18.8 Å². The molecule has 6 rings (SSSR count). The number of primary amides is 1. The number of hydrogen-bond acceptors (Lipinski definition) is 4. The lowest BCUT2D eigenvalue weighted by Gasteiger charge is -2.70. The number of rotatable bonds is 6. The van der Waals surface area contributed by atoms with Crippen molar-refractivity contribution in [2.75, 3.05) is 13.2 Å². The number of hydrogen-bond donors (Lipinski definition) is 2. The van der Waals surface area contributed by atoms with E-state index in [0.717, 1.165) is 57.8 Å². The third-order valence-corrected chi connectivity index (χ3v) is 14.9. The molecule has 0 radical (unpaired) electrons. The van der Waals surface area contributed by atoms with Crippen LogP contribution in [-0.2, 0) is 14.3 Å². The number of carbonyl (C=O) groups is 3. The van der Waals surface area contributed by atoms with Crippen LogP contribution in [-0.4, -0.2) is 36.9 Å². The predicted molar refractivity (Wildman–Crippen MR) is 177 cm³/mol. The summed E-state index contributed by atoms with van der Waals surface area (Å²) in [4.78, 5) is 39.7. The summed E-state index contributed by atoms with van der Waals surface area (Å²) in [5, 5.41) is 2.90. The first kappa shape index (κ1) is 33.4.